The molecule has 0 aliphatic rings. The number of aromatic nitrogens is 1. The Morgan fingerprint density at radius 2 is 2.00 bits per heavy atom. The molecule has 1 heterocycles. The molecule has 0 unspecified atom stereocenters. The minimum atomic E-state index is -0.440. The van der Waals surface area contributed by atoms with Crippen molar-refractivity contribution in [2.24, 2.45) is 0 Å². The maximum Gasteiger partial charge on any atom is 0.270 e. The Kier molecular flexibility index (Phi) is 3.39. The normalized spacial score (nSPS) is 11.0. The van der Waals surface area contributed by atoms with Crippen LogP contribution in [0.4, 0.5) is 5.69 Å². The molecule has 0 amide bonds. The monoisotopic (exact) mass is 300 g/mol. The zero-order chi connectivity index (χ0) is 15.0. The van der Waals surface area contributed by atoms with Crippen molar-refractivity contribution in [2.75, 3.05) is 0 Å². The molecule has 0 spiro atoms. The van der Waals surface area contributed by atoms with Gasteiger partial charge in [-0.3, -0.25) is 10.1 Å². The molecule has 2 aromatic carbocycles. The number of halogens is 1. The van der Waals surface area contributed by atoms with E-state index in [9.17, 15) is 10.1 Å². The smallest absolute Gasteiger partial charge is 0.270 e. The standard InChI is InChI=1S/C16H13ClN2O2/c1-11-2-3-12-6-7-18(16(12)8-11)10-13-4-5-14(19(20)21)9-15(13)17/h2-9H,10H2,1H3. The molecule has 106 valence electrons. The molecule has 0 fully saturated rings. The number of aryl methyl sites for hydroxylation is 1. The first-order chi connectivity index (χ1) is 10.0. The Labute approximate surface area is 126 Å². The quantitative estimate of drug-likeness (QED) is 0.526. The molecule has 0 radical (unpaired) electrons. The SMILES string of the molecule is Cc1ccc2ccn(Cc3ccc([N+](=O)[O-])cc3Cl)c2c1. The van der Waals surface area contributed by atoms with Crippen LogP contribution in [-0.4, -0.2) is 9.49 Å². The largest absolute Gasteiger partial charge is 0.343 e. The molecule has 21 heavy (non-hydrogen) atoms. The second kappa shape index (κ2) is 5.22. The van der Waals surface area contributed by atoms with Crippen LogP contribution in [0.15, 0.2) is 48.7 Å². The average Bonchev–Trinajstić information content (AvgIpc) is 2.83. The first-order valence-electron chi connectivity index (χ1n) is 6.53. The summed E-state index contributed by atoms with van der Waals surface area (Å²) >= 11 is 6.16. The number of hydrogen-bond acceptors (Lipinski definition) is 2. The summed E-state index contributed by atoms with van der Waals surface area (Å²) in [7, 11) is 0. The van der Waals surface area contributed by atoms with Gasteiger partial charge in [0, 0.05) is 30.4 Å². The number of nitro benzene ring substituents is 1. The molecule has 0 saturated carbocycles. The second-order valence-corrected chi connectivity index (χ2v) is 5.45. The summed E-state index contributed by atoms with van der Waals surface area (Å²) in [5.74, 6) is 0. The fourth-order valence-corrected chi connectivity index (χ4v) is 2.63. The van der Waals surface area contributed by atoms with Gasteiger partial charge in [0.05, 0.1) is 9.95 Å². The Balaban J connectivity index is 1.99. The van der Waals surface area contributed by atoms with Crippen LogP contribution >= 0.6 is 11.6 Å². The third-order valence-corrected chi connectivity index (χ3v) is 3.87. The van der Waals surface area contributed by atoms with Gasteiger partial charge in [-0.1, -0.05) is 23.7 Å². The molecular formula is C16H13ClN2O2. The molecule has 0 atom stereocenters. The summed E-state index contributed by atoms with van der Waals surface area (Å²) in [6, 6.07) is 12.9. The Hall–Kier alpha value is -2.33. The van der Waals surface area contributed by atoms with Crippen molar-refractivity contribution in [3.05, 3.63) is 74.9 Å². The lowest BCUT2D eigenvalue weighted by Crippen LogP contribution is -1.99. The zero-order valence-electron chi connectivity index (χ0n) is 11.4. The third kappa shape index (κ3) is 2.62. The lowest BCUT2D eigenvalue weighted by molar-refractivity contribution is -0.384. The van der Waals surface area contributed by atoms with Crippen LogP contribution in [0.3, 0.4) is 0 Å². The second-order valence-electron chi connectivity index (χ2n) is 5.04. The summed E-state index contributed by atoms with van der Waals surface area (Å²) in [6.45, 7) is 2.64. The molecule has 0 N–H and O–H groups in total. The van der Waals surface area contributed by atoms with Gasteiger partial charge in [0.1, 0.15) is 0 Å². The molecule has 3 aromatic rings. The molecular weight excluding hydrogens is 288 g/mol. The van der Waals surface area contributed by atoms with Crippen LogP contribution in [0.25, 0.3) is 10.9 Å². The zero-order valence-corrected chi connectivity index (χ0v) is 12.2. The van der Waals surface area contributed by atoms with E-state index in [4.69, 9.17) is 11.6 Å². The maximum atomic E-state index is 10.7. The maximum absolute atomic E-state index is 10.7. The first kappa shape index (κ1) is 13.6. The number of rotatable bonds is 3. The van der Waals surface area contributed by atoms with Gasteiger partial charge in [-0.05, 0) is 41.6 Å². The lowest BCUT2D eigenvalue weighted by atomic mass is 10.1. The molecule has 0 aliphatic carbocycles. The van der Waals surface area contributed by atoms with Crippen molar-refractivity contribution in [3.63, 3.8) is 0 Å². The van der Waals surface area contributed by atoms with E-state index in [1.54, 1.807) is 6.07 Å². The Bertz CT molecular complexity index is 839. The van der Waals surface area contributed by atoms with Gasteiger partial charge in [0.25, 0.3) is 5.69 Å². The topological polar surface area (TPSA) is 48.1 Å². The highest BCUT2D eigenvalue weighted by molar-refractivity contribution is 6.31. The Morgan fingerprint density at radius 1 is 1.19 bits per heavy atom. The van der Waals surface area contributed by atoms with E-state index in [2.05, 4.69) is 29.7 Å². The van der Waals surface area contributed by atoms with Crippen molar-refractivity contribution >= 4 is 28.2 Å². The van der Waals surface area contributed by atoms with E-state index in [0.717, 1.165) is 11.1 Å². The van der Waals surface area contributed by atoms with Gasteiger partial charge in [0.2, 0.25) is 0 Å². The molecule has 0 saturated heterocycles. The van der Waals surface area contributed by atoms with Crippen molar-refractivity contribution in [3.8, 4) is 0 Å². The van der Waals surface area contributed by atoms with E-state index in [1.807, 2.05) is 12.3 Å². The highest BCUT2D eigenvalue weighted by Crippen LogP contribution is 2.25. The van der Waals surface area contributed by atoms with Crippen molar-refractivity contribution in [1.29, 1.82) is 0 Å². The summed E-state index contributed by atoms with van der Waals surface area (Å²) in [6.07, 6.45) is 2.00. The average molecular weight is 301 g/mol. The number of fused-ring (bicyclic) bond motifs is 1. The van der Waals surface area contributed by atoms with Crippen LogP contribution in [-0.2, 0) is 6.54 Å². The van der Waals surface area contributed by atoms with Crippen LogP contribution in [0.5, 0.6) is 0 Å². The van der Waals surface area contributed by atoms with Crippen molar-refractivity contribution in [2.45, 2.75) is 13.5 Å². The van der Waals surface area contributed by atoms with Gasteiger partial charge in [-0.15, -0.1) is 0 Å². The van der Waals surface area contributed by atoms with Crippen LogP contribution in [0.1, 0.15) is 11.1 Å². The van der Waals surface area contributed by atoms with Crippen molar-refractivity contribution < 1.29 is 4.92 Å². The van der Waals surface area contributed by atoms with Gasteiger partial charge < -0.3 is 4.57 Å². The number of nitrogens with zero attached hydrogens (tertiary/aromatic N) is 2. The molecule has 4 nitrogen and oxygen atoms in total. The summed E-state index contributed by atoms with van der Waals surface area (Å²) in [5.41, 5.74) is 3.19. The number of non-ortho nitro benzene ring substituents is 1. The van der Waals surface area contributed by atoms with E-state index >= 15 is 0 Å². The van der Waals surface area contributed by atoms with Gasteiger partial charge in [-0.25, -0.2) is 0 Å². The molecule has 5 heteroatoms. The summed E-state index contributed by atoms with van der Waals surface area (Å²) in [4.78, 5) is 10.3. The van der Waals surface area contributed by atoms with Crippen LogP contribution < -0.4 is 0 Å². The molecule has 1 aromatic heterocycles. The number of hydrogen-bond donors (Lipinski definition) is 0. The fourth-order valence-electron chi connectivity index (χ4n) is 2.39. The van der Waals surface area contributed by atoms with E-state index < -0.39 is 4.92 Å². The highest BCUT2D eigenvalue weighted by atomic mass is 35.5. The lowest BCUT2D eigenvalue weighted by Gasteiger charge is -2.08. The molecule has 0 bridgehead atoms. The van der Waals surface area contributed by atoms with Crippen LogP contribution in [0.2, 0.25) is 5.02 Å². The fraction of sp³-hybridized carbons (Fsp3) is 0.125. The summed E-state index contributed by atoms with van der Waals surface area (Å²) < 4.78 is 2.09. The number of nitro groups is 1. The minimum Gasteiger partial charge on any atom is -0.343 e. The predicted octanol–water partition coefficient (Wildman–Crippen LogP) is 4.56. The highest BCUT2D eigenvalue weighted by Gasteiger charge is 2.10. The Morgan fingerprint density at radius 3 is 2.71 bits per heavy atom. The van der Waals surface area contributed by atoms with Gasteiger partial charge >= 0.3 is 0 Å². The summed E-state index contributed by atoms with van der Waals surface area (Å²) in [5, 5.41) is 12.3. The first-order valence-corrected chi connectivity index (χ1v) is 6.91. The molecule has 0 aliphatic heterocycles. The third-order valence-electron chi connectivity index (χ3n) is 3.52. The van der Waals surface area contributed by atoms with E-state index in [-0.39, 0.29) is 5.69 Å². The molecule has 3 rings (SSSR count). The predicted molar refractivity (Wildman–Crippen MR) is 83.9 cm³/mol. The van der Waals surface area contributed by atoms with E-state index in [0.29, 0.717) is 11.6 Å². The van der Waals surface area contributed by atoms with Crippen LogP contribution in [0, 0.1) is 17.0 Å². The minimum absolute atomic E-state index is 0.0111. The van der Waals surface area contributed by atoms with Gasteiger partial charge in [-0.2, -0.15) is 0 Å². The van der Waals surface area contributed by atoms with Gasteiger partial charge in [0.15, 0.2) is 0 Å². The number of benzene rings is 2. The van der Waals surface area contributed by atoms with Crippen molar-refractivity contribution in [1.82, 2.24) is 4.57 Å². The van der Waals surface area contributed by atoms with E-state index in [1.165, 1.54) is 23.1 Å².